The molecule has 0 aromatic heterocycles. The summed E-state index contributed by atoms with van der Waals surface area (Å²) in [6.07, 6.45) is 24.5. The molecule has 0 aliphatic carbocycles. The zero-order valence-corrected chi connectivity index (χ0v) is 51.2. The van der Waals surface area contributed by atoms with E-state index >= 15 is 0 Å². The minimum absolute atomic E-state index is 0.246. The third-order valence-electron chi connectivity index (χ3n) is 16.7. The van der Waals surface area contributed by atoms with Crippen molar-refractivity contribution >= 4 is 5.91 Å². The second-order valence-corrected chi connectivity index (χ2v) is 23.9. The van der Waals surface area contributed by atoms with Crippen LogP contribution in [0.25, 0.3) is 0 Å². The highest BCUT2D eigenvalue weighted by Crippen LogP contribution is 2.33. The molecule has 0 aromatic carbocycles. The lowest BCUT2D eigenvalue weighted by molar-refractivity contribution is -0.379. The molecule has 12 N–H and O–H groups in total. The van der Waals surface area contributed by atoms with E-state index in [2.05, 4.69) is 31.3 Å². The summed E-state index contributed by atoms with van der Waals surface area (Å²) in [5, 5.41) is 120. The molecule has 19 heteroatoms. The number of allylic oxidation sites excluding steroid dienone is 3. The predicted octanol–water partition coefficient (Wildman–Crippen LogP) is 7.49. The summed E-state index contributed by atoms with van der Waals surface area (Å²) in [5.74, 6) is -0.274. The Kier molecular flexibility index (Phi) is 43.0. The molecule has 0 radical (unpaired) electrons. The number of aliphatic hydroxyl groups is 11. The Labute approximate surface area is 498 Å². The van der Waals surface area contributed by atoms with Gasteiger partial charge >= 0.3 is 0 Å². The lowest BCUT2D eigenvalue weighted by atomic mass is 9.96. The number of carbonyl (C=O) groups is 1. The van der Waals surface area contributed by atoms with Crippen LogP contribution in [0, 0.1) is 0 Å². The molecule has 3 fully saturated rings. The number of carbonyl (C=O) groups excluding carboxylic acids is 1. The molecule has 3 heterocycles. The van der Waals surface area contributed by atoms with Crippen molar-refractivity contribution < 1.29 is 89.4 Å². The van der Waals surface area contributed by atoms with Crippen LogP contribution >= 0.6 is 0 Å². The topological polar surface area (TPSA) is 307 Å². The van der Waals surface area contributed by atoms with Gasteiger partial charge in [0, 0.05) is 6.42 Å². The summed E-state index contributed by atoms with van der Waals surface area (Å²) in [7, 11) is 0. The molecule has 17 unspecified atom stereocenters. The lowest BCUT2D eigenvalue weighted by Gasteiger charge is -2.48. The van der Waals surface area contributed by atoms with Gasteiger partial charge in [0.2, 0.25) is 5.91 Å². The molecule has 1 amide bonds. The zero-order valence-electron chi connectivity index (χ0n) is 51.2. The number of hydrogen-bond donors (Lipinski definition) is 12. The van der Waals surface area contributed by atoms with Gasteiger partial charge < -0.3 is 89.9 Å². The van der Waals surface area contributed by atoms with Crippen molar-refractivity contribution in [3.63, 3.8) is 0 Å². The second-order valence-electron chi connectivity index (χ2n) is 23.9. The minimum atomic E-state index is -1.98. The monoisotopic (exact) mass is 1190 g/mol. The van der Waals surface area contributed by atoms with E-state index < -0.39 is 124 Å². The van der Waals surface area contributed by atoms with Gasteiger partial charge in [0.15, 0.2) is 18.9 Å². The maximum absolute atomic E-state index is 13.4. The van der Waals surface area contributed by atoms with Crippen LogP contribution in [0.3, 0.4) is 0 Å². The van der Waals surface area contributed by atoms with E-state index in [0.717, 1.165) is 44.9 Å². The number of ether oxygens (including phenoxy) is 6. The fraction of sp³-hybridized carbons (Fsp3) is 0.922. The summed E-state index contributed by atoms with van der Waals surface area (Å²) in [6, 6.07) is -0.970. The first-order valence-corrected chi connectivity index (χ1v) is 33.1. The number of hydrogen-bond acceptors (Lipinski definition) is 18. The molecule has 3 saturated heterocycles. The van der Waals surface area contributed by atoms with E-state index in [1.165, 1.54) is 173 Å². The van der Waals surface area contributed by atoms with Crippen molar-refractivity contribution in [1.82, 2.24) is 5.32 Å². The number of aliphatic hydroxyl groups excluding tert-OH is 11. The molecular weight excluding hydrogens is 1070 g/mol. The largest absolute Gasteiger partial charge is 0.394 e. The number of unbranched alkanes of at least 4 members (excludes halogenated alkanes) is 32. The van der Waals surface area contributed by atoms with Gasteiger partial charge in [0.25, 0.3) is 0 Å². The molecule has 0 saturated carbocycles. The first kappa shape index (κ1) is 75.5. The summed E-state index contributed by atoms with van der Waals surface area (Å²) in [4.78, 5) is 13.4. The molecule has 19 nitrogen and oxygen atoms in total. The fourth-order valence-electron chi connectivity index (χ4n) is 11.3. The van der Waals surface area contributed by atoms with E-state index in [4.69, 9.17) is 28.4 Å². The van der Waals surface area contributed by atoms with E-state index in [9.17, 15) is 61.0 Å². The van der Waals surface area contributed by atoms with Crippen LogP contribution in [0.1, 0.15) is 245 Å². The van der Waals surface area contributed by atoms with Gasteiger partial charge in [-0.05, 0) is 44.9 Å². The molecule has 3 aliphatic rings. The Morgan fingerprint density at radius 1 is 0.422 bits per heavy atom. The maximum Gasteiger partial charge on any atom is 0.220 e. The molecule has 0 aromatic rings. The standard InChI is InChI=1S/C64H119NO18/c1-3-5-7-9-11-13-15-17-18-19-20-21-22-23-24-25-26-27-28-30-32-34-36-38-40-42-52(70)65-47(48(69)41-39-37-35-33-31-29-16-14-12-10-8-6-4-2)46-78-62-58(76)55(73)60(50(44-67)80-62)83-64-59(77)56(74)61(51(45-68)81-64)82-63-57(75)54(72)53(71)49(43-66)79-63/h19-20,39,41,47-51,53-64,66-69,71-77H,3-18,21-38,40,42-46H2,1-2H3,(H,65,70)/b20-19-,41-39+. The smallest absolute Gasteiger partial charge is 0.220 e. The third-order valence-corrected chi connectivity index (χ3v) is 16.7. The first-order valence-electron chi connectivity index (χ1n) is 33.1. The van der Waals surface area contributed by atoms with Gasteiger partial charge in [-0.25, -0.2) is 0 Å². The molecule has 83 heavy (non-hydrogen) atoms. The Hall–Kier alpha value is -1.73. The molecule has 0 spiro atoms. The molecule has 0 bridgehead atoms. The van der Waals surface area contributed by atoms with Crippen LogP contribution in [0.4, 0.5) is 0 Å². The van der Waals surface area contributed by atoms with Crippen LogP contribution in [0.5, 0.6) is 0 Å². The number of nitrogens with one attached hydrogen (secondary N) is 1. The third kappa shape index (κ3) is 30.4. The van der Waals surface area contributed by atoms with Crippen molar-refractivity contribution in [1.29, 1.82) is 0 Å². The van der Waals surface area contributed by atoms with E-state index in [0.29, 0.717) is 6.42 Å². The second kappa shape index (κ2) is 47.3. The van der Waals surface area contributed by atoms with Gasteiger partial charge in [-0.1, -0.05) is 218 Å². The maximum atomic E-state index is 13.4. The summed E-state index contributed by atoms with van der Waals surface area (Å²) in [6.45, 7) is 1.73. The van der Waals surface area contributed by atoms with Crippen molar-refractivity contribution in [3.05, 3.63) is 24.3 Å². The lowest BCUT2D eigenvalue weighted by Crippen LogP contribution is -2.66. The average molecular weight is 1190 g/mol. The molecule has 17 atom stereocenters. The van der Waals surface area contributed by atoms with Crippen molar-refractivity contribution in [2.45, 2.75) is 349 Å². The summed E-state index contributed by atoms with van der Waals surface area (Å²) in [5.41, 5.74) is 0. The van der Waals surface area contributed by atoms with Gasteiger partial charge in [0.05, 0.1) is 38.6 Å². The molecule has 3 aliphatic heterocycles. The SMILES string of the molecule is CCCCCCCCCC/C=C\CCCCCCCCCCCCCCCC(=O)NC(COC1OC(CO)C(OC2OC(CO)C(OC3OC(CO)C(O)C(O)C3O)C(O)C2O)C(O)C1O)C(O)/C=C/CCCCCCCCCCCCC. The number of rotatable bonds is 50. The van der Waals surface area contributed by atoms with Crippen molar-refractivity contribution in [2.75, 3.05) is 26.4 Å². The van der Waals surface area contributed by atoms with Crippen LogP contribution in [-0.4, -0.2) is 193 Å². The predicted molar refractivity (Wildman–Crippen MR) is 319 cm³/mol. The van der Waals surface area contributed by atoms with E-state index in [1.54, 1.807) is 6.08 Å². The normalized spacial score (nSPS) is 29.5. The van der Waals surface area contributed by atoms with Crippen molar-refractivity contribution in [2.24, 2.45) is 0 Å². The van der Waals surface area contributed by atoms with Crippen LogP contribution in [-0.2, 0) is 33.2 Å². The van der Waals surface area contributed by atoms with Crippen LogP contribution in [0.2, 0.25) is 0 Å². The highest BCUT2D eigenvalue weighted by molar-refractivity contribution is 5.76. The first-order chi connectivity index (χ1) is 40.3. The van der Waals surface area contributed by atoms with E-state index in [1.807, 2.05) is 6.08 Å². The minimum Gasteiger partial charge on any atom is -0.394 e. The zero-order chi connectivity index (χ0) is 60.5. The van der Waals surface area contributed by atoms with Gasteiger partial charge in [0.1, 0.15) is 73.2 Å². The highest BCUT2D eigenvalue weighted by Gasteiger charge is 2.53. The van der Waals surface area contributed by atoms with Gasteiger partial charge in [-0.3, -0.25) is 4.79 Å². The van der Waals surface area contributed by atoms with Crippen LogP contribution < -0.4 is 5.32 Å². The Balaban J connectivity index is 1.43. The summed E-state index contributed by atoms with van der Waals surface area (Å²) < 4.78 is 34.3. The number of amides is 1. The highest BCUT2D eigenvalue weighted by atomic mass is 16.8. The Bertz CT molecular complexity index is 1610. The Morgan fingerprint density at radius 3 is 1.17 bits per heavy atom. The van der Waals surface area contributed by atoms with Crippen molar-refractivity contribution in [3.8, 4) is 0 Å². The molecule has 488 valence electrons. The van der Waals surface area contributed by atoms with E-state index in [-0.39, 0.29) is 18.9 Å². The molecule has 3 rings (SSSR count). The average Bonchev–Trinajstić information content (AvgIpc) is 3.57. The fourth-order valence-corrected chi connectivity index (χ4v) is 11.3. The van der Waals surface area contributed by atoms with Crippen LogP contribution in [0.15, 0.2) is 24.3 Å². The van der Waals surface area contributed by atoms with Gasteiger partial charge in [-0.2, -0.15) is 0 Å². The Morgan fingerprint density at radius 2 is 0.759 bits per heavy atom. The summed E-state index contributed by atoms with van der Waals surface area (Å²) >= 11 is 0. The quantitative estimate of drug-likeness (QED) is 0.0207. The van der Waals surface area contributed by atoms with Gasteiger partial charge in [-0.15, -0.1) is 0 Å². The molecular formula is C64H119NO18.